The van der Waals surface area contributed by atoms with Crippen molar-refractivity contribution in [3.8, 4) is 0 Å². The van der Waals surface area contributed by atoms with Crippen LogP contribution in [0.3, 0.4) is 0 Å². The van der Waals surface area contributed by atoms with Crippen LogP contribution in [-0.2, 0) is 38.2 Å². The molecule has 0 fully saturated rings. The molecule has 0 atom stereocenters. The molecule has 0 aliphatic carbocycles. The molecule has 0 amide bonds. The minimum atomic E-state index is -1.43. The van der Waals surface area contributed by atoms with Crippen LogP contribution in [0.4, 0.5) is 0 Å². The van der Waals surface area contributed by atoms with Crippen molar-refractivity contribution in [2.45, 2.75) is 0 Å². The van der Waals surface area contributed by atoms with Gasteiger partial charge in [0, 0.05) is 36.5 Å². The Balaban J connectivity index is -0.000000367. The number of rotatable bonds is 6. The van der Waals surface area contributed by atoms with Crippen LogP contribution in [0.25, 0.3) is 0 Å². The van der Waals surface area contributed by atoms with Crippen molar-refractivity contribution < 1.29 is 110 Å². The van der Waals surface area contributed by atoms with Crippen molar-refractivity contribution in [3.05, 3.63) is 36.5 Å². The Hall–Kier alpha value is -1.56. The van der Waals surface area contributed by atoms with E-state index in [4.69, 9.17) is 10.2 Å². The first-order chi connectivity index (χ1) is 10.2. The van der Waals surface area contributed by atoms with Crippen LogP contribution in [0.2, 0.25) is 0 Å². The van der Waals surface area contributed by atoms with Crippen molar-refractivity contribution in [2.75, 3.05) is 0 Å². The molecular weight excluding hydrogens is 350 g/mol. The molecule has 0 saturated carbocycles. The van der Waals surface area contributed by atoms with Gasteiger partial charge in [0.2, 0.25) is 0 Å². The van der Waals surface area contributed by atoms with Gasteiger partial charge in [0.25, 0.3) is 0 Å². The summed E-state index contributed by atoms with van der Waals surface area (Å²) in [5.41, 5.74) is 0. The molecule has 0 aromatic carbocycles. The molecule has 0 aliphatic rings. The molecule has 24 heavy (non-hydrogen) atoms. The number of ether oxygens (including phenoxy) is 2. The van der Waals surface area contributed by atoms with Crippen LogP contribution in [0.15, 0.2) is 36.5 Å². The van der Waals surface area contributed by atoms with E-state index >= 15 is 0 Å². The summed E-state index contributed by atoms with van der Waals surface area (Å²) in [5.74, 6) is -8.07. The normalized spacial score (nSPS) is 9.83. The predicted octanol–water partition coefficient (Wildman–Crippen LogP) is -6.80. The third kappa shape index (κ3) is 16.8. The van der Waals surface area contributed by atoms with Crippen molar-refractivity contribution in [1.29, 1.82) is 0 Å². The summed E-state index contributed by atoms with van der Waals surface area (Å²) in [6, 6.07) is 0. The van der Waals surface area contributed by atoms with Crippen LogP contribution in [0, 0.1) is 0 Å². The maximum Gasteiger partial charge on any atom is 1.00 e. The largest absolute Gasteiger partial charge is 1.00 e. The molecule has 0 bridgehead atoms. The summed E-state index contributed by atoms with van der Waals surface area (Å²) in [4.78, 5) is 63.9. The number of carbonyl (C=O) groups is 6. The molecule has 0 spiro atoms. The van der Waals surface area contributed by atoms with Crippen molar-refractivity contribution >= 4 is 35.8 Å². The average Bonchev–Trinajstić information content (AvgIpc) is 2.40. The summed E-state index contributed by atoms with van der Waals surface area (Å²) in [5, 5.41) is 16.4. The predicted molar refractivity (Wildman–Crippen MR) is 67.1 cm³/mol. The maximum atomic E-state index is 11.0. The van der Waals surface area contributed by atoms with Gasteiger partial charge in [0.15, 0.2) is 0 Å². The molecule has 0 aromatic rings. The molecule has 10 nitrogen and oxygen atoms in total. The Morgan fingerprint density at radius 2 is 0.750 bits per heavy atom. The second-order valence-electron chi connectivity index (χ2n) is 3.16. The number of hydrogen-bond acceptors (Lipinski definition) is 8. The van der Waals surface area contributed by atoms with Gasteiger partial charge in [-0.1, -0.05) is 0 Å². The smallest absolute Gasteiger partial charge is 1.00 e. The SMILES string of the molecule is O=C(O)/C=C\C(=O)OC(=O)/C=C\C(=O)OC(=O)/C=C\C(=O)O.[H-].[H-].[Na+].[Na+]. The van der Waals surface area contributed by atoms with Crippen molar-refractivity contribution in [3.63, 3.8) is 0 Å². The van der Waals surface area contributed by atoms with E-state index in [1.165, 1.54) is 0 Å². The van der Waals surface area contributed by atoms with E-state index in [-0.39, 0.29) is 62.0 Å². The standard InChI is InChI=1S/C12H8O10.2Na.2H/c13-7(14)1-3-9(17)21-11(19)5-6-12(20)22-10(18)4-2-8(15)16;;;;/h1-6H,(H,13,14)(H,15,16);;;;/q;2*+1;2*-1/b3-1-,4-2-,6-5-;;;;. The number of carboxylic acid groups (broad SMARTS) is 2. The Labute approximate surface area is 181 Å². The van der Waals surface area contributed by atoms with Crippen LogP contribution in [0.1, 0.15) is 2.85 Å². The fraction of sp³-hybridized carbons (Fsp3) is 0. The summed E-state index contributed by atoms with van der Waals surface area (Å²) in [6.07, 6.45) is 2.69. The maximum absolute atomic E-state index is 11.0. The van der Waals surface area contributed by atoms with Gasteiger partial charge < -0.3 is 22.5 Å². The van der Waals surface area contributed by atoms with E-state index in [0.29, 0.717) is 36.5 Å². The zero-order valence-corrected chi connectivity index (χ0v) is 16.6. The van der Waals surface area contributed by atoms with Gasteiger partial charge >= 0.3 is 94.9 Å². The van der Waals surface area contributed by atoms with Crippen LogP contribution in [-0.4, -0.2) is 46.0 Å². The first-order valence-electron chi connectivity index (χ1n) is 5.22. The molecule has 0 rings (SSSR count). The summed E-state index contributed by atoms with van der Waals surface area (Å²) < 4.78 is 8.07. The summed E-state index contributed by atoms with van der Waals surface area (Å²) >= 11 is 0. The number of carboxylic acids is 2. The van der Waals surface area contributed by atoms with Crippen molar-refractivity contribution in [2.24, 2.45) is 0 Å². The van der Waals surface area contributed by atoms with Crippen LogP contribution >= 0.6 is 0 Å². The summed E-state index contributed by atoms with van der Waals surface area (Å²) in [7, 11) is 0. The van der Waals surface area contributed by atoms with Gasteiger partial charge in [-0.25, -0.2) is 28.8 Å². The Morgan fingerprint density at radius 3 is 0.958 bits per heavy atom. The molecule has 0 aliphatic heterocycles. The molecule has 0 saturated heterocycles. The van der Waals surface area contributed by atoms with Crippen LogP contribution in [0.5, 0.6) is 0 Å². The van der Waals surface area contributed by atoms with E-state index in [0.717, 1.165) is 0 Å². The third-order valence-electron chi connectivity index (χ3n) is 1.48. The van der Waals surface area contributed by atoms with Gasteiger partial charge in [-0.2, -0.15) is 0 Å². The fourth-order valence-corrected chi connectivity index (χ4v) is 0.749. The number of aliphatic carboxylic acids is 2. The average molecular weight is 360 g/mol. The monoisotopic (exact) mass is 360 g/mol. The minimum absolute atomic E-state index is 0. The van der Waals surface area contributed by atoms with Gasteiger partial charge in [0.1, 0.15) is 0 Å². The number of carbonyl (C=O) groups excluding carboxylic acids is 4. The fourth-order valence-electron chi connectivity index (χ4n) is 0.749. The first kappa shape index (κ1) is 27.3. The van der Waals surface area contributed by atoms with Gasteiger partial charge in [-0.05, 0) is 0 Å². The quantitative estimate of drug-likeness (QED) is 0.201. The molecule has 0 aromatic heterocycles. The molecule has 0 heterocycles. The number of esters is 4. The van der Waals surface area contributed by atoms with E-state index in [1.807, 2.05) is 0 Å². The van der Waals surface area contributed by atoms with Crippen molar-refractivity contribution in [1.82, 2.24) is 0 Å². The van der Waals surface area contributed by atoms with Gasteiger partial charge in [-0.3, -0.25) is 0 Å². The van der Waals surface area contributed by atoms with Gasteiger partial charge in [-0.15, -0.1) is 0 Å². The Bertz CT molecular complexity index is 561. The third-order valence-corrected chi connectivity index (χ3v) is 1.48. The summed E-state index contributed by atoms with van der Waals surface area (Å²) in [6.45, 7) is 0. The second kappa shape index (κ2) is 15.0. The van der Waals surface area contributed by atoms with E-state index in [1.54, 1.807) is 0 Å². The van der Waals surface area contributed by atoms with E-state index in [2.05, 4.69) is 9.47 Å². The van der Waals surface area contributed by atoms with Crippen LogP contribution < -0.4 is 59.1 Å². The Kier molecular flexibility index (Phi) is 17.1. The topological polar surface area (TPSA) is 161 Å². The van der Waals surface area contributed by atoms with Gasteiger partial charge in [0.05, 0.1) is 0 Å². The molecule has 0 radical (unpaired) electrons. The second-order valence-corrected chi connectivity index (χ2v) is 3.16. The van der Waals surface area contributed by atoms with E-state index < -0.39 is 35.8 Å². The molecule has 120 valence electrons. The Morgan fingerprint density at radius 1 is 0.542 bits per heavy atom. The molecule has 12 heteroatoms. The zero-order valence-electron chi connectivity index (χ0n) is 14.6. The molecule has 0 unspecified atom stereocenters. The number of hydrogen-bond donors (Lipinski definition) is 2. The minimum Gasteiger partial charge on any atom is -1.00 e. The molecule has 2 N–H and O–H groups in total. The first-order valence-corrected chi connectivity index (χ1v) is 5.22. The van der Waals surface area contributed by atoms with E-state index in [9.17, 15) is 28.8 Å². The molecular formula is C12H10Na2O10. The zero-order chi connectivity index (χ0) is 17.1.